The molecule has 0 atom stereocenters. The van der Waals surface area contributed by atoms with Crippen LogP contribution in [0, 0.1) is 17.0 Å². The molecule has 0 aliphatic carbocycles. The van der Waals surface area contributed by atoms with Crippen LogP contribution in [0.3, 0.4) is 0 Å². The predicted molar refractivity (Wildman–Crippen MR) is 86.0 cm³/mol. The van der Waals surface area contributed by atoms with E-state index in [1.807, 2.05) is 0 Å². The number of aryl methyl sites for hydroxylation is 1. The van der Waals surface area contributed by atoms with E-state index in [0.29, 0.717) is 0 Å². The summed E-state index contributed by atoms with van der Waals surface area (Å²) in [5.41, 5.74) is -1.28. The van der Waals surface area contributed by atoms with Gasteiger partial charge in [-0.25, -0.2) is 4.98 Å². The minimum absolute atomic E-state index is 0.0224. The number of aromatic nitrogens is 2. The van der Waals surface area contributed by atoms with Crippen LogP contribution in [0.15, 0.2) is 12.1 Å². The van der Waals surface area contributed by atoms with Crippen LogP contribution in [0.2, 0.25) is 0 Å². The van der Waals surface area contributed by atoms with Gasteiger partial charge in [-0.2, -0.15) is 18.2 Å². The summed E-state index contributed by atoms with van der Waals surface area (Å²) in [5, 5.41) is 11.5. The SMILES string of the molecule is CCN(Cc1sc(C)nc1C(F)(F)F)c1nc(OC)ccc1[N+](=O)[O-]. The van der Waals surface area contributed by atoms with Gasteiger partial charge in [0.15, 0.2) is 5.69 Å². The monoisotopic (exact) mass is 376 g/mol. The second-order valence-electron chi connectivity index (χ2n) is 4.97. The Morgan fingerprint density at radius 1 is 1.36 bits per heavy atom. The highest BCUT2D eigenvalue weighted by molar-refractivity contribution is 7.11. The molecule has 0 fully saturated rings. The van der Waals surface area contributed by atoms with Crippen molar-refractivity contribution in [2.24, 2.45) is 0 Å². The van der Waals surface area contributed by atoms with Crippen molar-refractivity contribution in [2.45, 2.75) is 26.6 Å². The highest BCUT2D eigenvalue weighted by Crippen LogP contribution is 2.36. The van der Waals surface area contributed by atoms with E-state index in [4.69, 9.17) is 4.74 Å². The van der Waals surface area contributed by atoms with Gasteiger partial charge < -0.3 is 9.64 Å². The lowest BCUT2D eigenvalue weighted by Crippen LogP contribution is -2.25. The normalized spacial score (nSPS) is 11.4. The maximum absolute atomic E-state index is 13.1. The van der Waals surface area contributed by atoms with Gasteiger partial charge in [-0.15, -0.1) is 11.3 Å². The number of alkyl halides is 3. The summed E-state index contributed by atoms with van der Waals surface area (Å²) in [6, 6.07) is 2.54. The summed E-state index contributed by atoms with van der Waals surface area (Å²) in [4.78, 5) is 19.6. The summed E-state index contributed by atoms with van der Waals surface area (Å²) in [6.07, 6.45) is -4.59. The molecule has 0 N–H and O–H groups in total. The molecule has 0 aliphatic rings. The van der Waals surface area contributed by atoms with Crippen LogP contribution in [0.1, 0.15) is 22.5 Å². The number of ether oxygens (including phenoxy) is 1. The second-order valence-corrected chi connectivity index (χ2v) is 6.26. The van der Waals surface area contributed by atoms with Crippen molar-refractivity contribution in [3.05, 3.63) is 37.8 Å². The number of hydrogen-bond acceptors (Lipinski definition) is 7. The summed E-state index contributed by atoms with van der Waals surface area (Å²) >= 11 is 0.902. The summed E-state index contributed by atoms with van der Waals surface area (Å²) < 4.78 is 44.3. The van der Waals surface area contributed by atoms with E-state index in [2.05, 4.69) is 9.97 Å². The van der Waals surface area contributed by atoms with Crippen LogP contribution in [0.4, 0.5) is 24.7 Å². The Balaban J connectivity index is 2.47. The lowest BCUT2D eigenvalue weighted by Gasteiger charge is -2.22. The molecule has 0 radical (unpaired) electrons. The van der Waals surface area contributed by atoms with Gasteiger partial charge in [0.1, 0.15) is 0 Å². The Morgan fingerprint density at radius 2 is 2.04 bits per heavy atom. The molecule has 0 aliphatic heterocycles. The van der Waals surface area contributed by atoms with E-state index in [1.165, 1.54) is 31.1 Å². The molecule has 0 unspecified atom stereocenters. The van der Waals surface area contributed by atoms with Gasteiger partial charge >= 0.3 is 11.9 Å². The number of rotatable bonds is 6. The fourth-order valence-corrected chi connectivity index (χ4v) is 3.19. The van der Waals surface area contributed by atoms with Gasteiger partial charge in [-0.3, -0.25) is 10.1 Å². The lowest BCUT2D eigenvalue weighted by atomic mass is 10.3. The fraction of sp³-hybridized carbons (Fsp3) is 0.429. The number of pyridine rings is 1. The van der Waals surface area contributed by atoms with Crippen LogP contribution in [0.5, 0.6) is 5.88 Å². The van der Waals surface area contributed by atoms with Crippen molar-refractivity contribution < 1.29 is 22.8 Å². The molecular weight excluding hydrogens is 361 g/mol. The number of hydrogen-bond donors (Lipinski definition) is 0. The molecule has 7 nitrogen and oxygen atoms in total. The zero-order valence-electron chi connectivity index (χ0n) is 13.6. The van der Waals surface area contributed by atoms with E-state index in [-0.39, 0.29) is 40.4 Å². The van der Waals surface area contributed by atoms with Crippen molar-refractivity contribution >= 4 is 22.8 Å². The minimum atomic E-state index is -4.59. The van der Waals surface area contributed by atoms with Gasteiger partial charge in [0.25, 0.3) is 0 Å². The predicted octanol–water partition coefficient (Wildman–Crippen LogP) is 3.81. The van der Waals surface area contributed by atoms with E-state index >= 15 is 0 Å². The molecule has 0 amide bonds. The third-order valence-corrected chi connectivity index (χ3v) is 4.28. The van der Waals surface area contributed by atoms with Crippen LogP contribution in [-0.4, -0.2) is 28.5 Å². The number of nitrogens with zero attached hydrogens (tertiary/aromatic N) is 4. The Kier molecular flexibility index (Phi) is 5.45. The molecule has 0 aromatic carbocycles. The Labute approximate surface area is 145 Å². The average molecular weight is 376 g/mol. The molecular formula is C14H15F3N4O3S. The first-order chi connectivity index (χ1) is 11.7. The van der Waals surface area contributed by atoms with Gasteiger partial charge in [0.2, 0.25) is 11.7 Å². The van der Waals surface area contributed by atoms with Crippen molar-refractivity contribution in [3.63, 3.8) is 0 Å². The highest BCUT2D eigenvalue weighted by Gasteiger charge is 2.37. The molecule has 136 valence electrons. The van der Waals surface area contributed by atoms with Crippen LogP contribution < -0.4 is 9.64 Å². The van der Waals surface area contributed by atoms with Gasteiger partial charge in [-0.05, 0) is 13.8 Å². The molecule has 0 saturated heterocycles. The molecule has 0 spiro atoms. The zero-order chi connectivity index (χ0) is 18.8. The molecule has 0 bridgehead atoms. The van der Waals surface area contributed by atoms with Crippen molar-refractivity contribution in [1.82, 2.24) is 9.97 Å². The molecule has 2 heterocycles. The molecule has 2 aromatic rings. The van der Waals surface area contributed by atoms with E-state index in [1.54, 1.807) is 6.92 Å². The third kappa shape index (κ3) is 4.16. The second kappa shape index (κ2) is 7.21. The number of thiazole rings is 1. The Bertz CT molecular complexity index is 779. The van der Waals surface area contributed by atoms with E-state index < -0.39 is 16.8 Å². The Morgan fingerprint density at radius 3 is 2.56 bits per heavy atom. The quantitative estimate of drug-likeness (QED) is 0.563. The number of anilines is 1. The molecule has 2 aromatic heterocycles. The molecule has 11 heteroatoms. The first-order valence-electron chi connectivity index (χ1n) is 7.15. The number of methoxy groups -OCH3 is 1. The van der Waals surface area contributed by atoms with E-state index in [0.717, 1.165) is 11.3 Å². The number of halogens is 3. The van der Waals surface area contributed by atoms with E-state index in [9.17, 15) is 23.3 Å². The first kappa shape index (κ1) is 18.9. The molecule has 2 rings (SSSR count). The largest absolute Gasteiger partial charge is 0.481 e. The molecule has 0 saturated carbocycles. The maximum atomic E-state index is 13.1. The lowest BCUT2D eigenvalue weighted by molar-refractivity contribution is -0.384. The topological polar surface area (TPSA) is 81.4 Å². The van der Waals surface area contributed by atoms with Crippen LogP contribution in [-0.2, 0) is 12.7 Å². The van der Waals surface area contributed by atoms with Crippen LogP contribution in [0.25, 0.3) is 0 Å². The zero-order valence-corrected chi connectivity index (χ0v) is 14.4. The van der Waals surface area contributed by atoms with Crippen LogP contribution >= 0.6 is 11.3 Å². The van der Waals surface area contributed by atoms with Crippen molar-refractivity contribution in [2.75, 3.05) is 18.6 Å². The standard InChI is InChI=1S/C14H15F3N4O3S/c1-4-20(7-10-12(14(15,16)17)18-8(2)25-10)13-9(21(22)23)5-6-11(19-13)24-3/h5-6H,4,7H2,1-3H3. The third-order valence-electron chi connectivity index (χ3n) is 3.32. The Hall–Kier alpha value is -2.43. The van der Waals surface area contributed by atoms with Gasteiger partial charge in [-0.1, -0.05) is 0 Å². The van der Waals surface area contributed by atoms with Gasteiger partial charge in [0, 0.05) is 18.7 Å². The highest BCUT2D eigenvalue weighted by atomic mass is 32.1. The smallest absolute Gasteiger partial charge is 0.434 e. The summed E-state index contributed by atoms with van der Waals surface area (Å²) in [7, 11) is 1.35. The maximum Gasteiger partial charge on any atom is 0.434 e. The molecule has 25 heavy (non-hydrogen) atoms. The van der Waals surface area contributed by atoms with Crippen molar-refractivity contribution in [1.29, 1.82) is 0 Å². The number of nitro groups is 1. The average Bonchev–Trinajstić information content (AvgIpc) is 2.92. The summed E-state index contributed by atoms with van der Waals surface area (Å²) in [5.74, 6) is 0.0848. The van der Waals surface area contributed by atoms with Crippen molar-refractivity contribution in [3.8, 4) is 5.88 Å². The first-order valence-corrected chi connectivity index (χ1v) is 7.96. The minimum Gasteiger partial charge on any atom is -0.481 e. The van der Waals surface area contributed by atoms with Gasteiger partial charge in [0.05, 0.1) is 28.5 Å². The fourth-order valence-electron chi connectivity index (χ4n) is 2.22. The summed E-state index contributed by atoms with van der Waals surface area (Å²) in [6.45, 7) is 3.17.